The predicted molar refractivity (Wildman–Crippen MR) is 108 cm³/mol. The number of carbonyl (C=O) groups is 2. The molecule has 28 heavy (non-hydrogen) atoms. The summed E-state index contributed by atoms with van der Waals surface area (Å²) >= 11 is 1.33. The second-order valence-electron chi connectivity index (χ2n) is 7.51. The molecule has 10 heteroatoms. The van der Waals surface area contributed by atoms with Gasteiger partial charge < -0.3 is 10.2 Å². The third kappa shape index (κ3) is 4.56. The van der Waals surface area contributed by atoms with Crippen molar-refractivity contribution in [2.75, 3.05) is 39.3 Å². The Kier molecular flexibility index (Phi) is 6.74. The molecule has 3 heterocycles. The fourth-order valence-corrected chi connectivity index (χ4v) is 5.85. The summed E-state index contributed by atoms with van der Waals surface area (Å²) in [5.74, 6) is -0.474. The highest BCUT2D eigenvalue weighted by atomic mass is 32.2. The number of amides is 2. The van der Waals surface area contributed by atoms with Crippen LogP contribution in [0.25, 0.3) is 0 Å². The van der Waals surface area contributed by atoms with Crippen molar-refractivity contribution in [3.05, 3.63) is 22.4 Å². The van der Waals surface area contributed by atoms with E-state index in [0.717, 1.165) is 12.8 Å². The van der Waals surface area contributed by atoms with E-state index in [4.69, 9.17) is 0 Å². The van der Waals surface area contributed by atoms with Crippen molar-refractivity contribution in [3.63, 3.8) is 0 Å². The zero-order valence-corrected chi connectivity index (χ0v) is 18.0. The number of thiophene rings is 1. The molecule has 1 aromatic rings. The smallest absolute Gasteiger partial charge is 0.282 e. The van der Waals surface area contributed by atoms with Gasteiger partial charge in [0, 0.05) is 39.3 Å². The van der Waals surface area contributed by atoms with Crippen molar-refractivity contribution < 1.29 is 18.0 Å². The van der Waals surface area contributed by atoms with Crippen LogP contribution in [-0.4, -0.2) is 79.1 Å². The minimum atomic E-state index is -3.44. The van der Waals surface area contributed by atoms with E-state index < -0.39 is 16.3 Å². The summed E-state index contributed by atoms with van der Waals surface area (Å²) in [5, 5.41) is 4.66. The van der Waals surface area contributed by atoms with E-state index in [1.54, 1.807) is 17.0 Å². The van der Waals surface area contributed by atoms with Crippen LogP contribution in [-0.2, 0) is 15.0 Å². The number of piperazine rings is 1. The van der Waals surface area contributed by atoms with E-state index >= 15 is 0 Å². The van der Waals surface area contributed by atoms with Crippen molar-refractivity contribution in [2.24, 2.45) is 5.92 Å². The number of nitrogens with zero attached hydrogens (tertiary/aromatic N) is 3. The van der Waals surface area contributed by atoms with Crippen LogP contribution < -0.4 is 5.32 Å². The Morgan fingerprint density at radius 2 is 1.64 bits per heavy atom. The molecule has 1 N–H and O–H groups in total. The Labute approximate surface area is 170 Å². The van der Waals surface area contributed by atoms with Crippen LogP contribution in [0, 0.1) is 5.92 Å². The molecule has 2 fully saturated rings. The molecule has 1 aromatic heterocycles. The minimum absolute atomic E-state index is 0.0669. The summed E-state index contributed by atoms with van der Waals surface area (Å²) in [6.45, 7) is 6.19. The summed E-state index contributed by atoms with van der Waals surface area (Å²) in [6.07, 6.45) is 1.80. The Hall–Kier alpha value is -1.49. The number of rotatable bonds is 6. The predicted octanol–water partition coefficient (Wildman–Crippen LogP) is 0.987. The summed E-state index contributed by atoms with van der Waals surface area (Å²) < 4.78 is 28.4. The fraction of sp³-hybridized carbons (Fsp3) is 0.667. The average molecular weight is 429 g/mol. The SMILES string of the molecule is CC(C)[C@H](NC(=O)c1cccs1)C(=O)N1CCN(S(=O)(=O)N2CCCC2)CC1. The van der Waals surface area contributed by atoms with Crippen LogP contribution in [0.2, 0.25) is 0 Å². The summed E-state index contributed by atoms with van der Waals surface area (Å²) in [6, 6.07) is 2.90. The zero-order chi connectivity index (χ0) is 20.3. The van der Waals surface area contributed by atoms with Crippen molar-refractivity contribution >= 4 is 33.4 Å². The third-order valence-electron chi connectivity index (χ3n) is 5.23. The van der Waals surface area contributed by atoms with Gasteiger partial charge in [-0.25, -0.2) is 0 Å². The summed E-state index contributed by atoms with van der Waals surface area (Å²) in [5.41, 5.74) is 0. The van der Waals surface area contributed by atoms with Gasteiger partial charge in [0.2, 0.25) is 5.91 Å². The highest BCUT2D eigenvalue weighted by Crippen LogP contribution is 2.19. The quantitative estimate of drug-likeness (QED) is 0.732. The van der Waals surface area contributed by atoms with Gasteiger partial charge in [-0.15, -0.1) is 11.3 Å². The molecule has 2 aliphatic rings. The molecule has 0 aliphatic carbocycles. The maximum Gasteiger partial charge on any atom is 0.282 e. The van der Waals surface area contributed by atoms with Gasteiger partial charge in [-0.05, 0) is 30.2 Å². The first kappa shape index (κ1) is 21.2. The second kappa shape index (κ2) is 8.89. The first-order valence-corrected chi connectivity index (χ1v) is 12.0. The maximum absolute atomic E-state index is 13.0. The number of nitrogens with one attached hydrogen (secondary N) is 1. The fourth-order valence-electron chi connectivity index (χ4n) is 3.55. The molecule has 1 atom stereocenters. The lowest BCUT2D eigenvalue weighted by molar-refractivity contribution is -0.135. The van der Waals surface area contributed by atoms with Crippen molar-refractivity contribution in [1.82, 2.24) is 18.8 Å². The van der Waals surface area contributed by atoms with E-state index in [0.29, 0.717) is 31.1 Å². The van der Waals surface area contributed by atoms with Crippen molar-refractivity contribution in [2.45, 2.75) is 32.7 Å². The van der Waals surface area contributed by atoms with E-state index in [-0.39, 0.29) is 30.8 Å². The van der Waals surface area contributed by atoms with Gasteiger partial charge in [0.15, 0.2) is 0 Å². The van der Waals surface area contributed by atoms with Crippen LogP contribution >= 0.6 is 11.3 Å². The lowest BCUT2D eigenvalue weighted by atomic mass is 10.0. The first-order valence-electron chi connectivity index (χ1n) is 9.69. The van der Waals surface area contributed by atoms with E-state index in [1.807, 2.05) is 19.2 Å². The van der Waals surface area contributed by atoms with Gasteiger partial charge in [-0.2, -0.15) is 17.0 Å². The van der Waals surface area contributed by atoms with E-state index in [9.17, 15) is 18.0 Å². The normalized spacial score (nSPS) is 20.5. The Bertz CT molecular complexity index is 781. The van der Waals surface area contributed by atoms with Crippen LogP contribution in [0.1, 0.15) is 36.4 Å². The topological polar surface area (TPSA) is 90.0 Å². The lowest BCUT2D eigenvalue weighted by Crippen LogP contribution is -2.58. The average Bonchev–Trinajstić information content (AvgIpc) is 3.39. The highest BCUT2D eigenvalue weighted by molar-refractivity contribution is 7.86. The molecule has 0 spiro atoms. The van der Waals surface area contributed by atoms with Crippen molar-refractivity contribution in [3.8, 4) is 0 Å². The maximum atomic E-state index is 13.0. The van der Waals surface area contributed by atoms with Crippen LogP contribution in [0.15, 0.2) is 17.5 Å². The summed E-state index contributed by atoms with van der Waals surface area (Å²) in [4.78, 5) is 27.6. The molecule has 2 aliphatic heterocycles. The molecule has 0 radical (unpaired) electrons. The molecule has 0 unspecified atom stereocenters. The summed E-state index contributed by atoms with van der Waals surface area (Å²) in [7, 11) is -3.44. The molecule has 2 amide bonds. The van der Waals surface area contributed by atoms with Crippen LogP contribution in [0.5, 0.6) is 0 Å². The third-order valence-corrected chi connectivity index (χ3v) is 8.14. The molecule has 0 aromatic carbocycles. The zero-order valence-electron chi connectivity index (χ0n) is 16.3. The monoisotopic (exact) mass is 428 g/mol. The highest BCUT2D eigenvalue weighted by Gasteiger charge is 2.36. The largest absolute Gasteiger partial charge is 0.339 e. The van der Waals surface area contributed by atoms with Crippen LogP contribution in [0.3, 0.4) is 0 Å². The standard InChI is InChI=1S/C18H28N4O4S2/c1-14(2)16(19-17(23)15-6-5-13-27-15)18(24)20-9-11-22(12-10-20)28(25,26)21-7-3-4-8-21/h5-6,13-14,16H,3-4,7-12H2,1-2H3,(H,19,23)/t16-/m0/s1. The van der Waals surface area contributed by atoms with E-state index in [2.05, 4.69) is 5.32 Å². The molecular formula is C18H28N4O4S2. The Balaban J connectivity index is 1.60. The number of hydrogen-bond acceptors (Lipinski definition) is 5. The molecule has 8 nitrogen and oxygen atoms in total. The first-order chi connectivity index (χ1) is 13.3. The van der Waals surface area contributed by atoms with Gasteiger partial charge in [0.1, 0.15) is 6.04 Å². The van der Waals surface area contributed by atoms with Crippen LogP contribution in [0.4, 0.5) is 0 Å². The Morgan fingerprint density at radius 1 is 1.04 bits per heavy atom. The molecule has 0 bridgehead atoms. The second-order valence-corrected chi connectivity index (χ2v) is 10.4. The molecule has 2 saturated heterocycles. The lowest BCUT2D eigenvalue weighted by Gasteiger charge is -2.37. The van der Waals surface area contributed by atoms with Gasteiger partial charge in [-0.3, -0.25) is 9.59 Å². The molecule has 0 saturated carbocycles. The van der Waals surface area contributed by atoms with E-state index in [1.165, 1.54) is 19.9 Å². The molecular weight excluding hydrogens is 400 g/mol. The van der Waals surface area contributed by atoms with Gasteiger partial charge in [0.25, 0.3) is 16.1 Å². The Morgan fingerprint density at radius 3 is 2.18 bits per heavy atom. The number of hydrogen-bond donors (Lipinski definition) is 1. The number of carbonyl (C=O) groups excluding carboxylic acids is 2. The molecule has 3 rings (SSSR count). The van der Waals surface area contributed by atoms with Gasteiger partial charge in [-0.1, -0.05) is 19.9 Å². The van der Waals surface area contributed by atoms with Crippen molar-refractivity contribution in [1.29, 1.82) is 0 Å². The van der Waals surface area contributed by atoms with Gasteiger partial charge in [0.05, 0.1) is 4.88 Å². The van der Waals surface area contributed by atoms with Gasteiger partial charge >= 0.3 is 0 Å². The molecule has 156 valence electrons. The minimum Gasteiger partial charge on any atom is -0.339 e.